The largest absolute Gasteiger partial charge is 0.482 e. The zero-order chi connectivity index (χ0) is 13.7. The van der Waals surface area contributed by atoms with Crippen molar-refractivity contribution in [1.29, 1.82) is 5.26 Å². The molecule has 0 spiro atoms. The molecule has 19 heavy (non-hydrogen) atoms. The van der Waals surface area contributed by atoms with E-state index >= 15 is 0 Å². The van der Waals surface area contributed by atoms with Gasteiger partial charge in [0.15, 0.2) is 6.61 Å². The predicted octanol–water partition coefficient (Wildman–Crippen LogP) is 2.65. The normalized spacial score (nSPS) is 14.9. The predicted molar refractivity (Wildman–Crippen MR) is 72.1 cm³/mol. The number of carbonyl (C=O) groups is 1. The summed E-state index contributed by atoms with van der Waals surface area (Å²) in [4.78, 5) is 11.7. The number of nitrogens with zero attached hydrogens (tertiary/aromatic N) is 1. The van der Waals surface area contributed by atoms with Gasteiger partial charge in [-0.3, -0.25) is 4.79 Å². The number of benzene rings is 1. The number of nitriles is 1. The minimum atomic E-state index is -0.157. The van der Waals surface area contributed by atoms with Crippen LogP contribution >= 0.6 is 11.6 Å². The van der Waals surface area contributed by atoms with E-state index < -0.39 is 0 Å². The summed E-state index contributed by atoms with van der Waals surface area (Å²) in [6.45, 7) is -0.0917. The number of amides is 1. The van der Waals surface area contributed by atoms with Gasteiger partial charge in [0.1, 0.15) is 17.4 Å². The van der Waals surface area contributed by atoms with Crippen LogP contribution in [-0.4, -0.2) is 18.6 Å². The van der Waals surface area contributed by atoms with E-state index in [1.165, 1.54) is 12.8 Å². The molecular formula is C14H15ClN2O2. The quantitative estimate of drug-likeness (QED) is 0.921. The average molecular weight is 279 g/mol. The summed E-state index contributed by atoms with van der Waals surface area (Å²) in [6.07, 6.45) is 4.40. The van der Waals surface area contributed by atoms with E-state index in [-0.39, 0.29) is 24.1 Å². The molecule has 0 saturated heterocycles. The first-order chi connectivity index (χ1) is 9.20. The number of ether oxygens (including phenoxy) is 1. The van der Waals surface area contributed by atoms with Gasteiger partial charge in [-0.2, -0.15) is 5.26 Å². The highest BCUT2D eigenvalue weighted by atomic mass is 35.5. The lowest BCUT2D eigenvalue weighted by Gasteiger charge is -2.13. The topological polar surface area (TPSA) is 62.1 Å². The Kier molecular flexibility index (Phi) is 4.64. The summed E-state index contributed by atoms with van der Waals surface area (Å²) in [5, 5.41) is 12.2. The Labute approximate surface area is 117 Å². The fourth-order valence-electron chi connectivity index (χ4n) is 2.22. The molecule has 1 aliphatic carbocycles. The van der Waals surface area contributed by atoms with Crippen molar-refractivity contribution in [3.05, 3.63) is 28.8 Å². The maximum atomic E-state index is 11.7. The zero-order valence-corrected chi connectivity index (χ0v) is 11.2. The Morgan fingerprint density at radius 3 is 2.89 bits per heavy atom. The summed E-state index contributed by atoms with van der Waals surface area (Å²) < 4.78 is 5.36. The van der Waals surface area contributed by atoms with Crippen LogP contribution in [0.5, 0.6) is 5.75 Å². The Balaban J connectivity index is 1.90. The van der Waals surface area contributed by atoms with Crippen LogP contribution in [-0.2, 0) is 4.79 Å². The second kappa shape index (κ2) is 6.44. The Morgan fingerprint density at radius 1 is 1.47 bits per heavy atom. The van der Waals surface area contributed by atoms with Crippen LogP contribution in [0.3, 0.4) is 0 Å². The molecule has 0 radical (unpaired) electrons. The molecule has 4 nitrogen and oxygen atoms in total. The maximum Gasteiger partial charge on any atom is 0.258 e. The van der Waals surface area contributed by atoms with E-state index in [0.717, 1.165) is 12.8 Å². The Bertz CT molecular complexity index is 505. The maximum absolute atomic E-state index is 11.7. The molecule has 100 valence electrons. The van der Waals surface area contributed by atoms with Crippen molar-refractivity contribution in [3.8, 4) is 11.8 Å². The molecule has 0 heterocycles. The van der Waals surface area contributed by atoms with Gasteiger partial charge in [-0.1, -0.05) is 30.5 Å². The standard InChI is InChI=1S/C14H15ClN2O2/c15-12-6-3-7-13(11(12)8-16)19-9-14(18)17-10-4-1-2-5-10/h3,6-7,10H,1-2,4-5,9H2,(H,17,18). The van der Waals surface area contributed by atoms with Crippen LogP contribution in [0.1, 0.15) is 31.2 Å². The van der Waals surface area contributed by atoms with Gasteiger partial charge < -0.3 is 10.1 Å². The van der Waals surface area contributed by atoms with Gasteiger partial charge in [-0.05, 0) is 25.0 Å². The van der Waals surface area contributed by atoms with E-state index in [9.17, 15) is 4.79 Å². The van der Waals surface area contributed by atoms with Crippen molar-refractivity contribution in [3.63, 3.8) is 0 Å². The molecule has 1 fully saturated rings. The molecule has 0 aliphatic heterocycles. The summed E-state index contributed by atoms with van der Waals surface area (Å²) in [7, 11) is 0. The summed E-state index contributed by atoms with van der Waals surface area (Å²) >= 11 is 5.88. The van der Waals surface area contributed by atoms with E-state index in [1.807, 2.05) is 6.07 Å². The van der Waals surface area contributed by atoms with Crippen LogP contribution in [0, 0.1) is 11.3 Å². The van der Waals surface area contributed by atoms with Crippen molar-refractivity contribution in [2.24, 2.45) is 0 Å². The third kappa shape index (κ3) is 3.62. The van der Waals surface area contributed by atoms with Crippen LogP contribution in [0.2, 0.25) is 5.02 Å². The van der Waals surface area contributed by atoms with Gasteiger partial charge in [0.2, 0.25) is 0 Å². The molecule has 1 aromatic carbocycles. The first-order valence-electron chi connectivity index (χ1n) is 6.31. The van der Waals surface area contributed by atoms with Gasteiger partial charge in [0.25, 0.3) is 5.91 Å². The van der Waals surface area contributed by atoms with Crippen LogP contribution in [0.25, 0.3) is 0 Å². The molecule has 1 aromatic rings. The number of nitrogens with one attached hydrogen (secondary N) is 1. The highest BCUT2D eigenvalue weighted by Crippen LogP contribution is 2.25. The van der Waals surface area contributed by atoms with E-state index in [4.69, 9.17) is 21.6 Å². The molecule has 1 N–H and O–H groups in total. The van der Waals surface area contributed by atoms with Crippen molar-refractivity contribution < 1.29 is 9.53 Å². The van der Waals surface area contributed by atoms with Crippen molar-refractivity contribution in [1.82, 2.24) is 5.32 Å². The van der Waals surface area contributed by atoms with Gasteiger partial charge >= 0.3 is 0 Å². The average Bonchev–Trinajstić information content (AvgIpc) is 2.89. The molecule has 0 atom stereocenters. The molecular weight excluding hydrogens is 264 g/mol. The van der Waals surface area contributed by atoms with Crippen molar-refractivity contribution in [2.75, 3.05) is 6.61 Å². The number of hydrogen-bond donors (Lipinski definition) is 1. The van der Waals surface area contributed by atoms with Crippen molar-refractivity contribution >= 4 is 17.5 Å². The van der Waals surface area contributed by atoms with E-state index in [0.29, 0.717) is 10.8 Å². The first kappa shape index (κ1) is 13.7. The summed E-state index contributed by atoms with van der Waals surface area (Å²) in [6, 6.07) is 7.18. The molecule has 1 aliphatic rings. The lowest BCUT2D eigenvalue weighted by molar-refractivity contribution is -0.123. The molecule has 2 rings (SSSR count). The Morgan fingerprint density at radius 2 is 2.21 bits per heavy atom. The van der Waals surface area contributed by atoms with Crippen molar-refractivity contribution in [2.45, 2.75) is 31.7 Å². The monoisotopic (exact) mass is 278 g/mol. The lowest BCUT2D eigenvalue weighted by Crippen LogP contribution is -2.36. The second-order valence-electron chi connectivity index (χ2n) is 4.56. The molecule has 1 saturated carbocycles. The minimum Gasteiger partial charge on any atom is -0.482 e. The molecule has 0 unspecified atom stereocenters. The summed E-state index contributed by atoms with van der Waals surface area (Å²) in [5.74, 6) is 0.187. The molecule has 0 aromatic heterocycles. The minimum absolute atomic E-state index is 0.0917. The van der Waals surface area contributed by atoms with Crippen LogP contribution in [0.4, 0.5) is 0 Å². The lowest BCUT2D eigenvalue weighted by atomic mass is 10.2. The third-order valence-corrected chi connectivity index (χ3v) is 3.48. The molecule has 5 heteroatoms. The molecule has 1 amide bonds. The molecule has 0 bridgehead atoms. The zero-order valence-electron chi connectivity index (χ0n) is 10.5. The number of hydrogen-bond acceptors (Lipinski definition) is 3. The number of carbonyl (C=O) groups excluding carboxylic acids is 1. The van der Waals surface area contributed by atoms with Crippen LogP contribution < -0.4 is 10.1 Å². The fourth-order valence-corrected chi connectivity index (χ4v) is 2.42. The van der Waals surface area contributed by atoms with Gasteiger partial charge in [-0.15, -0.1) is 0 Å². The van der Waals surface area contributed by atoms with Gasteiger partial charge in [0.05, 0.1) is 5.02 Å². The summed E-state index contributed by atoms with van der Waals surface area (Å²) in [5.41, 5.74) is 0.262. The fraction of sp³-hybridized carbons (Fsp3) is 0.429. The SMILES string of the molecule is N#Cc1c(Cl)cccc1OCC(=O)NC1CCCC1. The Hall–Kier alpha value is -1.73. The number of halogens is 1. The third-order valence-electron chi connectivity index (χ3n) is 3.17. The highest BCUT2D eigenvalue weighted by molar-refractivity contribution is 6.31. The van der Waals surface area contributed by atoms with Crippen LogP contribution in [0.15, 0.2) is 18.2 Å². The van der Waals surface area contributed by atoms with Gasteiger partial charge in [0, 0.05) is 6.04 Å². The van der Waals surface area contributed by atoms with E-state index in [1.54, 1.807) is 18.2 Å². The van der Waals surface area contributed by atoms with E-state index in [2.05, 4.69) is 5.32 Å². The first-order valence-corrected chi connectivity index (χ1v) is 6.69. The highest BCUT2D eigenvalue weighted by Gasteiger charge is 2.17. The number of rotatable bonds is 4. The second-order valence-corrected chi connectivity index (χ2v) is 4.97. The smallest absolute Gasteiger partial charge is 0.258 e. The van der Waals surface area contributed by atoms with Gasteiger partial charge in [-0.25, -0.2) is 0 Å².